The molecule has 1 amide bonds. The van der Waals surface area contributed by atoms with Crippen molar-refractivity contribution in [2.24, 2.45) is 0 Å². The fourth-order valence-corrected chi connectivity index (χ4v) is 5.22. The summed E-state index contributed by atoms with van der Waals surface area (Å²) in [5.74, 6) is -4.30. The molecule has 3 aromatic carbocycles. The minimum absolute atomic E-state index is 0.0353. The summed E-state index contributed by atoms with van der Waals surface area (Å²) in [5, 5.41) is 20.4. The number of aromatic hydroxyl groups is 1. The van der Waals surface area contributed by atoms with Crippen LogP contribution in [-0.4, -0.2) is 38.1 Å². The van der Waals surface area contributed by atoms with Gasteiger partial charge in [-0.15, -0.1) is 0 Å². The van der Waals surface area contributed by atoms with E-state index in [1.807, 2.05) is 60.7 Å². The number of amides is 1. The average Bonchev–Trinajstić information content (AvgIpc) is 2.92. The van der Waals surface area contributed by atoms with E-state index in [1.54, 1.807) is 6.07 Å². The molecule has 7 nitrogen and oxygen atoms in total. The summed E-state index contributed by atoms with van der Waals surface area (Å²) in [6.07, 6.45) is 1.11. The molecule has 0 radical (unpaired) electrons. The molecule has 4 aromatic rings. The molecule has 0 spiro atoms. The summed E-state index contributed by atoms with van der Waals surface area (Å²) < 4.78 is 16.2. The van der Waals surface area contributed by atoms with Crippen molar-refractivity contribution in [3.05, 3.63) is 134 Å². The van der Waals surface area contributed by atoms with Crippen LogP contribution in [0.1, 0.15) is 49.5 Å². The fourth-order valence-electron chi connectivity index (χ4n) is 5.03. The largest absolute Gasteiger partial charge is 0.503 e. The lowest BCUT2D eigenvalue weighted by molar-refractivity contribution is 0.0622. The van der Waals surface area contributed by atoms with Crippen molar-refractivity contribution in [2.75, 3.05) is 6.54 Å². The van der Waals surface area contributed by atoms with Crippen molar-refractivity contribution in [1.29, 1.82) is 0 Å². The Hall–Kier alpha value is -4.43. The van der Waals surface area contributed by atoms with Crippen LogP contribution in [-0.2, 0) is 6.54 Å². The molecule has 5 rings (SSSR count). The van der Waals surface area contributed by atoms with Gasteiger partial charge in [0, 0.05) is 30.8 Å². The first kappa shape index (κ1) is 25.2. The summed E-state index contributed by atoms with van der Waals surface area (Å²) in [4.78, 5) is 39.5. The van der Waals surface area contributed by atoms with Crippen molar-refractivity contribution in [1.82, 2.24) is 9.47 Å². The van der Waals surface area contributed by atoms with Gasteiger partial charge in [-0.2, -0.15) is 0 Å². The summed E-state index contributed by atoms with van der Waals surface area (Å²) in [7, 11) is 0. The first-order valence-electron chi connectivity index (χ1n) is 11.8. The topological polar surface area (TPSA) is 99.8 Å². The van der Waals surface area contributed by atoms with Crippen LogP contribution in [0.15, 0.2) is 89.9 Å². The molecule has 0 saturated heterocycles. The lowest BCUT2D eigenvalue weighted by atomic mass is 9.83. The number of aromatic carboxylic acids is 1. The van der Waals surface area contributed by atoms with E-state index in [2.05, 4.69) is 0 Å². The number of carbonyl (C=O) groups excluding carboxylic acids is 1. The molecule has 0 bridgehead atoms. The van der Waals surface area contributed by atoms with Gasteiger partial charge in [0.15, 0.2) is 11.4 Å². The maximum atomic E-state index is 14.8. The van der Waals surface area contributed by atoms with E-state index in [9.17, 15) is 29.0 Å². The predicted molar refractivity (Wildman–Crippen MR) is 139 cm³/mol. The van der Waals surface area contributed by atoms with Crippen LogP contribution in [0.4, 0.5) is 4.39 Å². The molecule has 2 N–H and O–H groups in total. The van der Waals surface area contributed by atoms with Gasteiger partial charge in [0.1, 0.15) is 11.4 Å². The van der Waals surface area contributed by atoms with Gasteiger partial charge in [0.2, 0.25) is 5.43 Å². The molecule has 1 aromatic heterocycles. The van der Waals surface area contributed by atoms with Crippen molar-refractivity contribution in [3.63, 3.8) is 0 Å². The van der Waals surface area contributed by atoms with Crippen LogP contribution in [0.5, 0.6) is 5.75 Å². The number of carboxylic acid groups (broad SMARTS) is 1. The van der Waals surface area contributed by atoms with Gasteiger partial charge in [0.05, 0.1) is 11.1 Å². The van der Waals surface area contributed by atoms with Gasteiger partial charge in [-0.3, -0.25) is 9.59 Å². The van der Waals surface area contributed by atoms with Crippen LogP contribution >= 0.6 is 11.6 Å². The fraction of sp³-hybridized carbons (Fsp3) is 0.138. The summed E-state index contributed by atoms with van der Waals surface area (Å²) in [6, 6.07) is 22.7. The SMILES string of the molecule is O=C(O)c1cn2c(c(O)c1=O)C(=O)N(Cc1cccc(Cl)c1F)C[C@@H]2C(c1ccccc1)c1ccccc1. The number of benzene rings is 3. The molecule has 1 aliphatic heterocycles. The summed E-state index contributed by atoms with van der Waals surface area (Å²) >= 11 is 5.96. The average molecular weight is 533 g/mol. The lowest BCUT2D eigenvalue weighted by Gasteiger charge is -2.40. The maximum absolute atomic E-state index is 14.8. The molecule has 2 heterocycles. The molecular weight excluding hydrogens is 511 g/mol. The Bertz CT molecular complexity index is 1550. The van der Waals surface area contributed by atoms with Crippen molar-refractivity contribution >= 4 is 23.5 Å². The van der Waals surface area contributed by atoms with Gasteiger partial charge in [0.25, 0.3) is 5.91 Å². The number of aromatic nitrogens is 1. The molecule has 38 heavy (non-hydrogen) atoms. The van der Waals surface area contributed by atoms with Crippen molar-refractivity contribution in [2.45, 2.75) is 18.5 Å². The molecular formula is C29H22ClFN2O5. The Morgan fingerprint density at radius 3 is 2.16 bits per heavy atom. The molecule has 9 heteroatoms. The van der Waals surface area contributed by atoms with E-state index in [-0.39, 0.29) is 29.4 Å². The number of pyridine rings is 1. The molecule has 192 valence electrons. The predicted octanol–water partition coefficient (Wildman–Crippen LogP) is 5.07. The van der Waals surface area contributed by atoms with Gasteiger partial charge >= 0.3 is 5.97 Å². The quantitative estimate of drug-likeness (QED) is 0.361. The minimum atomic E-state index is -1.52. The zero-order valence-electron chi connectivity index (χ0n) is 19.9. The summed E-state index contributed by atoms with van der Waals surface area (Å²) in [5.41, 5.74) is -0.268. The number of nitrogens with zero attached hydrogens (tertiary/aromatic N) is 2. The molecule has 0 unspecified atom stereocenters. The second-order valence-electron chi connectivity index (χ2n) is 9.05. The van der Waals surface area contributed by atoms with Crippen LogP contribution < -0.4 is 5.43 Å². The second kappa shape index (κ2) is 10.1. The highest BCUT2D eigenvalue weighted by atomic mass is 35.5. The first-order valence-corrected chi connectivity index (χ1v) is 12.2. The number of fused-ring (bicyclic) bond motifs is 1. The van der Waals surface area contributed by atoms with Gasteiger partial charge < -0.3 is 19.7 Å². The zero-order chi connectivity index (χ0) is 27.0. The Balaban J connectivity index is 1.74. The van der Waals surface area contributed by atoms with Crippen molar-refractivity contribution < 1.29 is 24.2 Å². The highest BCUT2D eigenvalue weighted by molar-refractivity contribution is 6.30. The van der Waals surface area contributed by atoms with E-state index in [0.717, 1.165) is 17.3 Å². The maximum Gasteiger partial charge on any atom is 0.341 e. The summed E-state index contributed by atoms with van der Waals surface area (Å²) in [6.45, 7) is -0.139. The van der Waals surface area contributed by atoms with Gasteiger partial charge in [-0.1, -0.05) is 84.4 Å². The zero-order valence-corrected chi connectivity index (χ0v) is 20.7. The molecule has 1 aliphatic rings. The van der Waals surface area contributed by atoms with E-state index in [0.29, 0.717) is 0 Å². The lowest BCUT2D eigenvalue weighted by Crippen LogP contribution is -2.46. The second-order valence-corrected chi connectivity index (χ2v) is 9.45. The number of rotatable bonds is 6. The third-order valence-electron chi connectivity index (χ3n) is 6.79. The van der Waals surface area contributed by atoms with E-state index < -0.39 is 46.4 Å². The monoisotopic (exact) mass is 532 g/mol. The van der Waals surface area contributed by atoms with Crippen LogP contribution in [0.25, 0.3) is 0 Å². The van der Waals surface area contributed by atoms with Gasteiger partial charge in [-0.05, 0) is 17.2 Å². The number of hydrogen-bond donors (Lipinski definition) is 2. The number of carboxylic acids is 1. The number of carbonyl (C=O) groups is 2. The normalized spacial score (nSPS) is 15.0. The highest BCUT2D eigenvalue weighted by Gasteiger charge is 2.40. The first-order chi connectivity index (χ1) is 18.3. The van der Waals surface area contributed by atoms with Crippen LogP contribution in [0.2, 0.25) is 5.02 Å². The third-order valence-corrected chi connectivity index (χ3v) is 7.08. The molecule has 1 atom stereocenters. The van der Waals surface area contributed by atoms with Crippen molar-refractivity contribution in [3.8, 4) is 5.75 Å². The Labute approximate surface area is 222 Å². The van der Waals surface area contributed by atoms with E-state index in [4.69, 9.17) is 11.6 Å². The standard InChI is InChI=1S/C29H22ClFN2O5/c30-21-13-7-12-19(24(21)31)14-32-16-22(23(17-8-3-1-4-9-17)18-10-5-2-6-11-18)33-15-20(29(37)38)26(34)27(35)25(33)28(32)36/h1-13,15,22-23,35H,14,16H2,(H,37,38)/t22-/m1/s1. The molecule has 0 aliphatic carbocycles. The van der Waals surface area contributed by atoms with E-state index in [1.165, 1.54) is 21.6 Å². The molecule has 0 saturated carbocycles. The van der Waals surface area contributed by atoms with E-state index >= 15 is 0 Å². The third kappa shape index (κ3) is 4.43. The number of halogens is 2. The minimum Gasteiger partial charge on any atom is -0.503 e. The smallest absolute Gasteiger partial charge is 0.341 e. The molecule has 0 fully saturated rings. The number of hydrogen-bond acceptors (Lipinski definition) is 4. The van der Waals surface area contributed by atoms with Crippen LogP contribution in [0.3, 0.4) is 0 Å². The Morgan fingerprint density at radius 2 is 1.58 bits per heavy atom. The van der Waals surface area contributed by atoms with Crippen LogP contribution in [0, 0.1) is 5.82 Å². The highest BCUT2D eigenvalue weighted by Crippen LogP contribution is 2.40. The Kier molecular flexibility index (Phi) is 6.73. The Morgan fingerprint density at radius 1 is 0.974 bits per heavy atom. The van der Waals surface area contributed by atoms with Gasteiger partial charge in [-0.25, -0.2) is 9.18 Å².